The van der Waals surface area contributed by atoms with E-state index >= 15 is 0 Å². The van der Waals surface area contributed by atoms with Crippen molar-refractivity contribution in [2.24, 2.45) is 22.2 Å². The molecule has 1 aromatic carbocycles. The number of aliphatic imine (C=N–C) groups is 1. The number of carbonyl (C=O) groups is 4. The normalized spacial score (nSPS) is 13.2. The average Bonchev–Trinajstić information content (AvgIpc) is 2.74. The predicted octanol–water partition coefficient (Wildman–Crippen LogP) is -2.20. The zero-order valence-corrected chi connectivity index (χ0v) is 17.9. The number of hydrogen-bond acceptors (Lipinski definition) is 6. The maximum Gasteiger partial charge on any atom is 0.326 e. The fourth-order valence-corrected chi connectivity index (χ4v) is 2.65. The lowest BCUT2D eigenvalue weighted by Gasteiger charge is -2.18. The van der Waals surface area contributed by atoms with E-state index in [0.29, 0.717) is 19.4 Å². The summed E-state index contributed by atoms with van der Waals surface area (Å²) in [7, 11) is 0. The molecule has 0 aromatic heterocycles. The average molecular weight is 450 g/mol. The molecule has 0 spiro atoms. The monoisotopic (exact) mass is 449 g/mol. The highest BCUT2D eigenvalue weighted by atomic mass is 16.4. The summed E-state index contributed by atoms with van der Waals surface area (Å²) in [6, 6.07) is 5.89. The molecule has 3 amide bonds. The summed E-state index contributed by atoms with van der Waals surface area (Å²) >= 11 is 0. The van der Waals surface area contributed by atoms with Crippen molar-refractivity contribution >= 4 is 29.7 Å². The van der Waals surface area contributed by atoms with Gasteiger partial charge >= 0.3 is 5.97 Å². The molecule has 1 rings (SSSR count). The number of nitrogens with one attached hydrogen (secondary N) is 3. The molecule has 0 aliphatic rings. The standard InChI is InChI=1S/C20H31N7O5/c1-12(26-18(30)14(21)8-5-9-24-20(22)23)17(29)25-11-16(28)27-15(19(31)32)10-13-6-3-2-4-7-13/h2-4,6-7,12,14-15H,5,8-11,21H2,1H3,(H,25,29)(H,26,30)(H,27,28)(H,31,32)(H4,22,23,24). The van der Waals surface area contributed by atoms with Crippen LogP contribution in [0.2, 0.25) is 0 Å². The summed E-state index contributed by atoms with van der Waals surface area (Å²) in [5.41, 5.74) is 16.9. The van der Waals surface area contributed by atoms with Crippen LogP contribution in [0.3, 0.4) is 0 Å². The second-order valence-electron chi connectivity index (χ2n) is 7.15. The number of nitrogens with two attached hydrogens (primary N) is 3. The van der Waals surface area contributed by atoms with Crippen molar-refractivity contribution in [1.82, 2.24) is 16.0 Å². The fraction of sp³-hybridized carbons (Fsp3) is 0.450. The smallest absolute Gasteiger partial charge is 0.326 e. The van der Waals surface area contributed by atoms with Gasteiger partial charge in [-0.2, -0.15) is 0 Å². The van der Waals surface area contributed by atoms with Crippen LogP contribution < -0.4 is 33.2 Å². The number of carboxylic acids is 1. The molecule has 12 nitrogen and oxygen atoms in total. The van der Waals surface area contributed by atoms with Gasteiger partial charge in [0, 0.05) is 13.0 Å². The van der Waals surface area contributed by atoms with Crippen LogP contribution in [0.1, 0.15) is 25.3 Å². The Morgan fingerprint density at radius 2 is 1.72 bits per heavy atom. The van der Waals surface area contributed by atoms with Crippen LogP contribution in [0, 0.1) is 0 Å². The van der Waals surface area contributed by atoms with Crippen LogP contribution in [0.4, 0.5) is 0 Å². The van der Waals surface area contributed by atoms with E-state index in [1.807, 2.05) is 0 Å². The number of carboxylic acid groups (broad SMARTS) is 1. The number of guanidine groups is 1. The van der Waals surface area contributed by atoms with Gasteiger partial charge in [-0.3, -0.25) is 19.4 Å². The summed E-state index contributed by atoms with van der Waals surface area (Å²) in [6.45, 7) is 1.32. The van der Waals surface area contributed by atoms with Crippen molar-refractivity contribution in [2.45, 2.75) is 44.3 Å². The molecule has 176 valence electrons. The van der Waals surface area contributed by atoms with Gasteiger partial charge in [0.15, 0.2) is 5.96 Å². The van der Waals surface area contributed by atoms with Crippen LogP contribution in [-0.2, 0) is 25.6 Å². The quantitative estimate of drug-likeness (QED) is 0.0993. The Bertz CT molecular complexity index is 812. The molecule has 0 radical (unpaired) electrons. The van der Waals surface area contributed by atoms with E-state index in [0.717, 1.165) is 5.56 Å². The number of benzene rings is 1. The highest BCUT2D eigenvalue weighted by molar-refractivity contribution is 5.92. The zero-order chi connectivity index (χ0) is 24.1. The Morgan fingerprint density at radius 3 is 2.31 bits per heavy atom. The first kappa shape index (κ1) is 26.4. The van der Waals surface area contributed by atoms with E-state index in [2.05, 4.69) is 20.9 Å². The molecule has 0 fully saturated rings. The molecule has 0 bridgehead atoms. The molecule has 32 heavy (non-hydrogen) atoms. The van der Waals surface area contributed by atoms with E-state index in [1.165, 1.54) is 6.92 Å². The minimum absolute atomic E-state index is 0.0490. The maximum atomic E-state index is 12.1. The van der Waals surface area contributed by atoms with Gasteiger partial charge in [0.2, 0.25) is 17.7 Å². The zero-order valence-electron chi connectivity index (χ0n) is 17.9. The van der Waals surface area contributed by atoms with E-state index in [1.54, 1.807) is 30.3 Å². The van der Waals surface area contributed by atoms with E-state index in [9.17, 15) is 24.3 Å². The first-order valence-corrected chi connectivity index (χ1v) is 10.0. The summed E-state index contributed by atoms with van der Waals surface area (Å²) in [5.74, 6) is -3.06. The highest BCUT2D eigenvalue weighted by Gasteiger charge is 2.23. The second-order valence-corrected chi connectivity index (χ2v) is 7.15. The van der Waals surface area contributed by atoms with E-state index in [-0.39, 0.29) is 12.4 Å². The summed E-state index contributed by atoms with van der Waals surface area (Å²) in [4.78, 5) is 51.5. The van der Waals surface area contributed by atoms with Gasteiger partial charge in [-0.15, -0.1) is 0 Å². The summed E-state index contributed by atoms with van der Waals surface area (Å²) in [6.07, 6.45) is 0.904. The Kier molecular flexibility index (Phi) is 11.2. The molecule has 1 aromatic rings. The van der Waals surface area contributed by atoms with Gasteiger partial charge in [0.05, 0.1) is 12.6 Å². The third-order valence-corrected chi connectivity index (χ3v) is 4.40. The number of aliphatic carboxylic acids is 1. The van der Waals surface area contributed by atoms with Crippen molar-refractivity contribution in [2.75, 3.05) is 13.1 Å². The molecule has 3 atom stereocenters. The molecule has 0 saturated carbocycles. The molecule has 0 heterocycles. The topological polar surface area (TPSA) is 215 Å². The molecule has 0 saturated heterocycles. The number of hydrogen-bond donors (Lipinski definition) is 7. The van der Waals surface area contributed by atoms with Gasteiger partial charge in [0.1, 0.15) is 12.1 Å². The van der Waals surface area contributed by atoms with Crippen molar-refractivity contribution in [1.29, 1.82) is 0 Å². The lowest BCUT2D eigenvalue weighted by atomic mass is 10.1. The molecule has 0 aliphatic heterocycles. The van der Waals surface area contributed by atoms with Gasteiger partial charge in [0.25, 0.3) is 0 Å². The largest absolute Gasteiger partial charge is 0.480 e. The van der Waals surface area contributed by atoms with Crippen molar-refractivity contribution in [3.63, 3.8) is 0 Å². The third-order valence-electron chi connectivity index (χ3n) is 4.40. The van der Waals surface area contributed by atoms with Crippen LogP contribution in [-0.4, -0.2) is 66.0 Å². The molecule has 12 heteroatoms. The van der Waals surface area contributed by atoms with Crippen LogP contribution in [0.25, 0.3) is 0 Å². The number of nitrogens with zero attached hydrogens (tertiary/aromatic N) is 1. The minimum Gasteiger partial charge on any atom is -0.480 e. The van der Waals surface area contributed by atoms with Crippen molar-refractivity contribution in [3.8, 4) is 0 Å². The molecule has 10 N–H and O–H groups in total. The minimum atomic E-state index is -1.19. The lowest BCUT2D eigenvalue weighted by Crippen LogP contribution is -2.52. The van der Waals surface area contributed by atoms with E-state index < -0.39 is 48.4 Å². The van der Waals surface area contributed by atoms with Gasteiger partial charge in [-0.05, 0) is 25.3 Å². The Morgan fingerprint density at radius 1 is 1.06 bits per heavy atom. The van der Waals surface area contributed by atoms with Crippen LogP contribution in [0.5, 0.6) is 0 Å². The summed E-state index contributed by atoms with van der Waals surface area (Å²) in [5, 5.41) is 16.5. The molecule has 0 aliphatic carbocycles. The lowest BCUT2D eigenvalue weighted by molar-refractivity contribution is -0.141. The van der Waals surface area contributed by atoms with Gasteiger partial charge in [-0.1, -0.05) is 30.3 Å². The Balaban J connectivity index is 2.42. The highest BCUT2D eigenvalue weighted by Crippen LogP contribution is 2.03. The molecular formula is C20H31N7O5. The van der Waals surface area contributed by atoms with Crippen LogP contribution in [0.15, 0.2) is 35.3 Å². The van der Waals surface area contributed by atoms with Crippen molar-refractivity contribution < 1.29 is 24.3 Å². The predicted molar refractivity (Wildman–Crippen MR) is 118 cm³/mol. The summed E-state index contributed by atoms with van der Waals surface area (Å²) < 4.78 is 0. The number of carbonyl (C=O) groups excluding carboxylic acids is 3. The second kappa shape index (κ2) is 13.6. The van der Waals surface area contributed by atoms with Crippen molar-refractivity contribution in [3.05, 3.63) is 35.9 Å². The molecule has 3 unspecified atom stereocenters. The maximum absolute atomic E-state index is 12.1. The third kappa shape index (κ3) is 10.4. The van der Waals surface area contributed by atoms with Crippen LogP contribution >= 0.6 is 0 Å². The number of rotatable bonds is 13. The number of amides is 3. The first-order chi connectivity index (χ1) is 15.1. The van der Waals surface area contributed by atoms with Gasteiger partial charge in [-0.25, -0.2) is 4.79 Å². The van der Waals surface area contributed by atoms with E-state index in [4.69, 9.17) is 17.2 Å². The molecular weight excluding hydrogens is 418 g/mol. The SMILES string of the molecule is CC(NC(=O)C(N)CCCN=C(N)N)C(=O)NCC(=O)NC(Cc1ccccc1)C(=O)O. The first-order valence-electron chi connectivity index (χ1n) is 10.0. The fourth-order valence-electron chi connectivity index (χ4n) is 2.65. The van der Waals surface area contributed by atoms with Gasteiger partial charge < -0.3 is 38.3 Å². The Labute approximate surface area is 186 Å². The Hall–Kier alpha value is -3.67.